The molecule has 1 aromatic heterocycles. The zero-order valence-electron chi connectivity index (χ0n) is 19.0. The minimum absolute atomic E-state index is 0.0148. The number of nitrogens with one attached hydrogen (secondary N) is 1. The van der Waals surface area contributed by atoms with E-state index >= 15 is 0 Å². The number of rotatable bonds is 5. The van der Waals surface area contributed by atoms with Crippen LogP contribution in [0.25, 0.3) is 6.08 Å². The van der Waals surface area contributed by atoms with Crippen LogP contribution in [0.2, 0.25) is 0 Å². The molecule has 0 amide bonds. The number of allylic oxidation sites excluding steroid dienone is 4. The van der Waals surface area contributed by atoms with Crippen molar-refractivity contribution in [3.63, 3.8) is 0 Å². The molecule has 0 bridgehead atoms. The van der Waals surface area contributed by atoms with Crippen molar-refractivity contribution < 1.29 is 4.39 Å². The molecule has 0 aliphatic heterocycles. The molecule has 0 spiro atoms. The van der Waals surface area contributed by atoms with Gasteiger partial charge in [-0.25, -0.2) is 4.39 Å². The molecule has 2 saturated carbocycles. The van der Waals surface area contributed by atoms with E-state index in [1.165, 1.54) is 74.5 Å². The number of halogens is 2. The van der Waals surface area contributed by atoms with Crippen molar-refractivity contribution in [1.29, 1.82) is 5.41 Å². The fraction of sp³-hybridized carbons (Fsp3) is 0.593. The predicted molar refractivity (Wildman–Crippen MR) is 131 cm³/mol. The van der Waals surface area contributed by atoms with Crippen LogP contribution in [-0.2, 0) is 6.42 Å². The first-order valence-electron chi connectivity index (χ1n) is 12.5. The monoisotopic (exact) mass is 455 g/mol. The second-order valence-corrected chi connectivity index (χ2v) is 10.7. The molecule has 5 heteroatoms. The number of nitrogens with zero attached hydrogens (tertiary/aromatic N) is 1. The summed E-state index contributed by atoms with van der Waals surface area (Å²) in [5.41, 5.74) is 13.0. The molecule has 172 valence electrons. The van der Waals surface area contributed by atoms with Crippen LogP contribution < -0.4 is 5.73 Å². The van der Waals surface area contributed by atoms with Gasteiger partial charge in [0.2, 0.25) is 0 Å². The summed E-state index contributed by atoms with van der Waals surface area (Å²) < 4.78 is 16.6. The van der Waals surface area contributed by atoms with Crippen molar-refractivity contribution in [3.05, 3.63) is 51.1 Å². The zero-order valence-corrected chi connectivity index (χ0v) is 19.8. The molecular formula is C27H35ClFN3. The Labute approximate surface area is 196 Å². The van der Waals surface area contributed by atoms with Gasteiger partial charge in [-0.1, -0.05) is 44.2 Å². The normalized spacial score (nSPS) is 30.7. The largest absolute Gasteiger partial charge is 0.337 e. The Morgan fingerprint density at radius 3 is 2.62 bits per heavy atom. The summed E-state index contributed by atoms with van der Waals surface area (Å²) in [6, 6.07) is -0.111. The van der Waals surface area contributed by atoms with Gasteiger partial charge >= 0.3 is 0 Å². The Morgan fingerprint density at radius 1 is 1.22 bits per heavy atom. The summed E-state index contributed by atoms with van der Waals surface area (Å²) in [4.78, 5) is 0. The maximum absolute atomic E-state index is 14.1. The van der Waals surface area contributed by atoms with E-state index in [2.05, 4.69) is 17.6 Å². The number of nitrogens with two attached hydrogens (primary N) is 1. The molecule has 4 aliphatic rings. The summed E-state index contributed by atoms with van der Waals surface area (Å²) in [7, 11) is 0. The molecule has 5 rings (SSSR count). The minimum atomic E-state index is -0.314. The van der Waals surface area contributed by atoms with Gasteiger partial charge in [0.15, 0.2) is 0 Å². The highest BCUT2D eigenvalue weighted by atomic mass is 35.5. The van der Waals surface area contributed by atoms with Gasteiger partial charge in [0.05, 0.1) is 11.1 Å². The molecule has 3 nitrogen and oxygen atoms in total. The average molecular weight is 456 g/mol. The highest BCUT2D eigenvalue weighted by molar-refractivity contribution is 6.31. The standard InChI is InChI=1S/C27H35ClFN3/c1-2-16-10-18(11-16)26-21-14-24(31)19(15-30)12-25(21)32(20-8-9-23(29)22(28)13-20)27(26)17-6-4-3-5-7-17/h9,12-13,15-18,20,24,30H,2-8,10-11,14,31H2,1H3. The Balaban J connectivity index is 1.70. The third-order valence-corrected chi connectivity index (χ3v) is 8.71. The van der Waals surface area contributed by atoms with Crippen LogP contribution in [-0.4, -0.2) is 16.8 Å². The lowest BCUT2D eigenvalue weighted by atomic mass is 9.67. The maximum Gasteiger partial charge on any atom is 0.137 e. The third-order valence-electron chi connectivity index (χ3n) is 8.40. The fourth-order valence-electron chi connectivity index (χ4n) is 6.55. The molecule has 2 fully saturated rings. The van der Waals surface area contributed by atoms with Crippen LogP contribution in [0, 0.1) is 11.3 Å². The SMILES string of the molecule is CCC1CC(c2c3c(n(C4C=C(Cl)C(F)=CC4)c2C2CCCCC2)C=C(C=N)C(N)C3)C1. The Kier molecular flexibility index (Phi) is 6.19. The molecule has 2 unspecified atom stereocenters. The smallest absolute Gasteiger partial charge is 0.137 e. The lowest BCUT2D eigenvalue weighted by Gasteiger charge is -2.38. The van der Waals surface area contributed by atoms with Crippen molar-refractivity contribution in [3.8, 4) is 0 Å². The second kappa shape index (κ2) is 8.95. The van der Waals surface area contributed by atoms with E-state index in [1.54, 1.807) is 11.6 Å². The Hall–Kier alpha value is -1.65. The average Bonchev–Trinajstić information content (AvgIpc) is 3.08. The predicted octanol–water partition coefficient (Wildman–Crippen LogP) is 7.28. The molecule has 1 aromatic rings. The van der Waals surface area contributed by atoms with Gasteiger partial charge in [-0.15, -0.1) is 0 Å². The quantitative estimate of drug-likeness (QED) is 0.450. The number of aromatic nitrogens is 1. The van der Waals surface area contributed by atoms with Gasteiger partial charge in [0.25, 0.3) is 0 Å². The lowest BCUT2D eigenvalue weighted by molar-refractivity contribution is 0.252. The van der Waals surface area contributed by atoms with Crippen molar-refractivity contribution in [1.82, 2.24) is 4.57 Å². The summed E-state index contributed by atoms with van der Waals surface area (Å²) >= 11 is 6.29. The van der Waals surface area contributed by atoms with Crippen LogP contribution >= 0.6 is 11.6 Å². The van der Waals surface area contributed by atoms with Crippen molar-refractivity contribution in [2.24, 2.45) is 11.7 Å². The van der Waals surface area contributed by atoms with Crippen LogP contribution in [0.1, 0.15) is 105 Å². The maximum atomic E-state index is 14.1. The van der Waals surface area contributed by atoms with E-state index in [4.69, 9.17) is 22.7 Å². The molecule has 4 aliphatic carbocycles. The molecule has 1 heterocycles. The lowest BCUT2D eigenvalue weighted by Crippen LogP contribution is -2.30. The molecule has 0 aromatic carbocycles. The van der Waals surface area contributed by atoms with Gasteiger partial charge in [0.1, 0.15) is 5.83 Å². The summed E-state index contributed by atoms with van der Waals surface area (Å²) in [6.07, 6.45) is 18.6. The van der Waals surface area contributed by atoms with Gasteiger partial charge in [-0.3, -0.25) is 0 Å². The second-order valence-electron chi connectivity index (χ2n) is 10.3. The van der Waals surface area contributed by atoms with Crippen molar-refractivity contribution >= 4 is 23.9 Å². The molecule has 0 radical (unpaired) electrons. The van der Waals surface area contributed by atoms with Gasteiger partial charge in [0, 0.05) is 23.6 Å². The van der Waals surface area contributed by atoms with E-state index < -0.39 is 0 Å². The van der Waals surface area contributed by atoms with Gasteiger partial charge < -0.3 is 15.7 Å². The molecule has 3 N–H and O–H groups in total. The van der Waals surface area contributed by atoms with Crippen molar-refractivity contribution in [2.45, 2.75) is 95.1 Å². The molecule has 32 heavy (non-hydrogen) atoms. The van der Waals surface area contributed by atoms with Crippen LogP contribution in [0.4, 0.5) is 4.39 Å². The first kappa shape index (κ1) is 22.2. The molecule has 0 saturated heterocycles. The van der Waals surface area contributed by atoms with E-state index in [9.17, 15) is 4.39 Å². The Bertz CT molecular complexity index is 989. The molecule has 2 atom stereocenters. The first-order valence-corrected chi connectivity index (χ1v) is 12.9. The Morgan fingerprint density at radius 2 is 1.97 bits per heavy atom. The number of hydrogen-bond acceptors (Lipinski definition) is 2. The highest BCUT2D eigenvalue weighted by Gasteiger charge is 2.40. The topological polar surface area (TPSA) is 54.8 Å². The first-order chi connectivity index (χ1) is 15.5. The van der Waals surface area contributed by atoms with E-state index in [1.807, 2.05) is 6.08 Å². The van der Waals surface area contributed by atoms with Crippen molar-refractivity contribution in [2.75, 3.05) is 0 Å². The minimum Gasteiger partial charge on any atom is -0.337 e. The van der Waals surface area contributed by atoms with Gasteiger partial charge in [-0.2, -0.15) is 0 Å². The third kappa shape index (κ3) is 3.74. The highest BCUT2D eigenvalue weighted by Crippen LogP contribution is 2.52. The molecular weight excluding hydrogens is 421 g/mol. The van der Waals surface area contributed by atoms with Crippen LogP contribution in [0.15, 0.2) is 28.6 Å². The fourth-order valence-corrected chi connectivity index (χ4v) is 6.77. The summed E-state index contributed by atoms with van der Waals surface area (Å²) in [6.45, 7) is 2.30. The number of hydrogen-bond donors (Lipinski definition) is 2. The zero-order chi connectivity index (χ0) is 22.4. The van der Waals surface area contributed by atoms with Crippen LogP contribution in [0.5, 0.6) is 0 Å². The van der Waals surface area contributed by atoms with E-state index in [0.717, 1.165) is 17.9 Å². The summed E-state index contributed by atoms with van der Waals surface area (Å²) in [5, 5.41) is 8.13. The van der Waals surface area contributed by atoms with Gasteiger partial charge in [-0.05, 0) is 91.2 Å². The van der Waals surface area contributed by atoms with E-state index in [-0.39, 0.29) is 22.9 Å². The van der Waals surface area contributed by atoms with Crippen LogP contribution in [0.3, 0.4) is 0 Å². The number of fused-ring (bicyclic) bond motifs is 1. The summed E-state index contributed by atoms with van der Waals surface area (Å²) in [5.74, 6) is 1.65. The van der Waals surface area contributed by atoms with E-state index in [0.29, 0.717) is 18.3 Å².